The fourth-order valence-corrected chi connectivity index (χ4v) is 3.20. The van der Waals surface area contributed by atoms with Crippen LogP contribution in [-0.4, -0.2) is 43.6 Å². The predicted octanol–water partition coefficient (Wildman–Crippen LogP) is 1.82. The molecule has 1 aromatic rings. The quantitative estimate of drug-likeness (QED) is 0.804. The van der Waals surface area contributed by atoms with Crippen molar-refractivity contribution in [3.05, 3.63) is 29.3 Å². The lowest BCUT2D eigenvalue weighted by atomic mass is 10.00. The molecule has 2 rings (SSSR count). The molecular weight excluding hydrogens is 290 g/mol. The number of nitrogens with zero attached hydrogens (tertiary/aromatic N) is 1. The number of hydrogen-bond donors (Lipinski definition) is 2. The fraction of sp³-hybridized carbons (Fsp3) is 0.611. The minimum absolute atomic E-state index is 0.0474. The van der Waals surface area contributed by atoms with Crippen LogP contribution >= 0.6 is 0 Å². The molecule has 1 unspecified atom stereocenters. The van der Waals surface area contributed by atoms with Crippen LogP contribution in [0.5, 0.6) is 5.75 Å². The topological polar surface area (TPSA) is 67.6 Å². The molecule has 5 heteroatoms. The molecule has 1 amide bonds. The number of piperidine rings is 1. The summed E-state index contributed by atoms with van der Waals surface area (Å²) in [7, 11) is 1.72. The molecule has 1 aliphatic heterocycles. The average Bonchev–Trinajstić information content (AvgIpc) is 2.54. The summed E-state index contributed by atoms with van der Waals surface area (Å²) < 4.78 is 5.50. The number of methoxy groups -OCH3 is 1. The van der Waals surface area contributed by atoms with Crippen molar-refractivity contribution >= 4 is 5.91 Å². The fourth-order valence-electron chi connectivity index (χ4n) is 3.20. The molecule has 1 fully saturated rings. The molecule has 5 nitrogen and oxygen atoms in total. The monoisotopic (exact) mass is 319 g/mol. The zero-order chi connectivity index (χ0) is 16.7. The highest BCUT2D eigenvalue weighted by Crippen LogP contribution is 2.25. The van der Waals surface area contributed by atoms with Gasteiger partial charge in [-0.3, -0.25) is 9.69 Å². The van der Waals surface area contributed by atoms with Crippen LogP contribution in [0.1, 0.15) is 36.8 Å². The maximum absolute atomic E-state index is 11.7. The lowest BCUT2D eigenvalue weighted by Gasteiger charge is -2.36. The van der Waals surface area contributed by atoms with Crippen LogP contribution in [0, 0.1) is 6.92 Å². The number of nitrogens with one attached hydrogen (secondary N) is 1. The van der Waals surface area contributed by atoms with Crippen LogP contribution in [0.3, 0.4) is 0 Å². The summed E-state index contributed by atoms with van der Waals surface area (Å²) in [6.07, 6.45) is 3.95. The number of aryl methyl sites for hydroxylation is 1. The SMILES string of the molecule is COc1ccc(C)cc1CN1CCCCC1CNC(=O)CCN. The molecule has 0 bridgehead atoms. The Balaban J connectivity index is 2.01. The molecule has 0 aliphatic carbocycles. The maximum Gasteiger partial charge on any atom is 0.221 e. The van der Waals surface area contributed by atoms with Gasteiger partial charge >= 0.3 is 0 Å². The number of nitrogens with two attached hydrogens (primary N) is 1. The molecule has 1 heterocycles. The molecular formula is C18H29N3O2. The van der Waals surface area contributed by atoms with Gasteiger partial charge in [-0.1, -0.05) is 24.1 Å². The van der Waals surface area contributed by atoms with E-state index in [0.29, 0.717) is 25.6 Å². The Hall–Kier alpha value is -1.59. The number of hydrogen-bond acceptors (Lipinski definition) is 4. The summed E-state index contributed by atoms with van der Waals surface area (Å²) in [6, 6.07) is 6.68. The molecule has 23 heavy (non-hydrogen) atoms. The molecule has 0 radical (unpaired) electrons. The number of carbonyl (C=O) groups excluding carboxylic acids is 1. The van der Waals surface area contributed by atoms with Crippen LogP contribution in [0.15, 0.2) is 18.2 Å². The van der Waals surface area contributed by atoms with Gasteiger partial charge in [0.1, 0.15) is 5.75 Å². The third-order valence-corrected chi connectivity index (χ3v) is 4.46. The van der Waals surface area contributed by atoms with Gasteiger partial charge in [0.2, 0.25) is 5.91 Å². The van der Waals surface area contributed by atoms with Crippen molar-refractivity contribution in [3.63, 3.8) is 0 Å². The van der Waals surface area contributed by atoms with Gasteiger partial charge in [0.25, 0.3) is 0 Å². The molecule has 0 aromatic heterocycles. The maximum atomic E-state index is 11.7. The molecule has 1 aliphatic rings. The van der Waals surface area contributed by atoms with Crippen molar-refractivity contribution in [2.24, 2.45) is 5.73 Å². The van der Waals surface area contributed by atoms with E-state index in [1.807, 2.05) is 6.07 Å². The van der Waals surface area contributed by atoms with Crippen LogP contribution in [0.2, 0.25) is 0 Å². The van der Waals surface area contributed by atoms with Gasteiger partial charge < -0.3 is 15.8 Å². The average molecular weight is 319 g/mol. The lowest BCUT2D eigenvalue weighted by molar-refractivity contribution is -0.121. The van der Waals surface area contributed by atoms with Crippen molar-refractivity contribution in [2.75, 3.05) is 26.7 Å². The van der Waals surface area contributed by atoms with Gasteiger partial charge in [-0.2, -0.15) is 0 Å². The van der Waals surface area contributed by atoms with E-state index in [9.17, 15) is 4.79 Å². The minimum atomic E-state index is 0.0474. The smallest absolute Gasteiger partial charge is 0.221 e. The highest BCUT2D eigenvalue weighted by Gasteiger charge is 2.23. The highest BCUT2D eigenvalue weighted by atomic mass is 16.5. The van der Waals surface area contributed by atoms with Gasteiger partial charge in [-0.05, 0) is 32.4 Å². The Morgan fingerprint density at radius 2 is 2.26 bits per heavy atom. The van der Waals surface area contributed by atoms with E-state index >= 15 is 0 Å². The first kappa shape index (κ1) is 17.8. The summed E-state index contributed by atoms with van der Waals surface area (Å²) in [4.78, 5) is 14.1. The van der Waals surface area contributed by atoms with Crippen LogP contribution in [-0.2, 0) is 11.3 Å². The van der Waals surface area contributed by atoms with E-state index in [2.05, 4.69) is 29.3 Å². The van der Waals surface area contributed by atoms with E-state index in [-0.39, 0.29) is 5.91 Å². The highest BCUT2D eigenvalue weighted by molar-refractivity contribution is 5.76. The molecule has 1 aromatic carbocycles. The van der Waals surface area contributed by atoms with Crippen LogP contribution in [0.4, 0.5) is 0 Å². The number of likely N-dealkylation sites (tertiary alicyclic amines) is 1. The van der Waals surface area contributed by atoms with Gasteiger partial charge in [0.15, 0.2) is 0 Å². The zero-order valence-corrected chi connectivity index (χ0v) is 14.3. The molecule has 0 saturated carbocycles. The summed E-state index contributed by atoms with van der Waals surface area (Å²) in [5.74, 6) is 0.984. The Bertz CT molecular complexity index is 519. The van der Waals surface area contributed by atoms with Crippen molar-refractivity contribution in [1.29, 1.82) is 0 Å². The van der Waals surface area contributed by atoms with Crippen LogP contribution < -0.4 is 15.8 Å². The number of rotatable bonds is 7. The van der Waals surface area contributed by atoms with E-state index < -0.39 is 0 Å². The molecule has 128 valence electrons. The normalized spacial score (nSPS) is 18.7. The summed E-state index contributed by atoms with van der Waals surface area (Å²) in [6.45, 7) is 5.13. The summed E-state index contributed by atoms with van der Waals surface area (Å²) in [5, 5.41) is 3.02. The minimum Gasteiger partial charge on any atom is -0.496 e. The van der Waals surface area contributed by atoms with Crippen LogP contribution in [0.25, 0.3) is 0 Å². The van der Waals surface area contributed by atoms with E-state index in [1.165, 1.54) is 24.0 Å². The molecule has 3 N–H and O–H groups in total. The van der Waals surface area contributed by atoms with Gasteiger partial charge in [0, 0.05) is 37.7 Å². The number of carbonyl (C=O) groups is 1. The first-order valence-corrected chi connectivity index (χ1v) is 8.48. The van der Waals surface area contributed by atoms with Crippen molar-refractivity contribution in [2.45, 2.75) is 45.2 Å². The zero-order valence-electron chi connectivity index (χ0n) is 14.3. The van der Waals surface area contributed by atoms with Crippen molar-refractivity contribution in [3.8, 4) is 5.75 Å². The molecule has 0 spiro atoms. The first-order chi connectivity index (χ1) is 11.1. The Morgan fingerprint density at radius 3 is 3.00 bits per heavy atom. The van der Waals surface area contributed by atoms with E-state index in [0.717, 1.165) is 25.3 Å². The number of amides is 1. The third-order valence-electron chi connectivity index (χ3n) is 4.46. The third kappa shape index (κ3) is 5.22. The Labute approximate surface area is 139 Å². The van der Waals surface area contributed by atoms with Gasteiger partial charge in [-0.15, -0.1) is 0 Å². The standard InChI is InChI=1S/C18H29N3O2/c1-14-6-7-17(23-2)15(11-14)13-21-10-4-3-5-16(21)12-20-18(22)8-9-19/h6-7,11,16H,3-5,8-10,12-13,19H2,1-2H3,(H,20,22). The second kappa shape index (κ2) is 8.89. The van der Waals surface area contributed by atoms with Gasteiger partial charge in [0.05, 0.1) is 7.11 Å². The Morgan fingerprint density at radius 1 is 1.43 bits per heavy atom. The predicted molar refractivity (Wildman–Crippen MR) is 92.5 cm³/mol. The van der Waals surface area contributed by atoms with Crippen molar-refractivity contribution in [1.82, 2.24) is 10.2 Å². The summed E-state index contributed by atoms with van der Waals surface area (Å²) >= 11 is 0. The largest absolute Gasteiger partial charge is 0.496 e. The number of benzene rings is 1. The van der Waals surface area contributed by atoms with E-state index in [4.69, 9.17) is 10.5 Å². The first-order valence-electron chi connectivity index (χ1n) is 8.48. The van der Waals surface area contributed by atoms with E-state index in [1.54, 1.807) is 7.11 Å². The summed E-state index contributed by atoms with van der Waals surface area (Å²) in [5.41, 5.74) is 7.89. The second-order valence-corrected chi connectivity index (χ2v) is 6.28. The van der Waals surface area contributed by atoms with Crippen molar-refractivity contribution < 1.29 is 9.53 Å². The number of ether oxygens (including phenoxy) is 1. The Kier molecular flexibility index (Phi) is 6.86. The van der Waals surface area contributed by atoms with Gasteiger partial charge in [-0.25, -0.2) is 0 Å². The lowest BCUT2D eigenvalue weighted by Crippen LogP contribution is -2.46. The molecule has 1 atom stereocenters. The molecule has 1 saturated heterocycles. The second-order valence-electron chi connectivity index (χ2n) is 6.28.